The summed E-state index contributed by atoms with van der Waals surface area (Å²) in [4.78, 5) is 2.53. The zero-order valence-electron chi connectivity index (χ0n) is 8.51. The number of nitrogens with zero attached hydrogens (tertiary/aromatic N) is 1. The molecule has 1 heterocycles. The van der Waals surface area contributed by atoms with E-state index in [0.717, 1.165) is 12.5 Å². The first-order chi connectivity index (χ1) is 6.36. The van der Waals surface area contributed by atoms with Gasteiger partial charge in [-0.25, -0.2) is 0 Å². The second-order valence-corrected chi connectivity index (χ2v) is 4.11. The fraction of sp³-hybridized carbons (Fsp3) is 0.818. The molecule has 1 aliphatic rings. The Morgan fingerprint density at radius 1 is 1.46 bits per heavy atom. The van der Waals surface area contributed by atoms with Crippen molar-refractivity contribution in [2.45, 2.75) is 26.2 Å². The molecule has 1 aliphatic heterocycles. The van der Waals surface area contributed by atoms with Gasteiger partial charge in [-0.05, 0) is 25.3 Å². The van der Waals surface area contributed by atoms with E-state index in [1.807, 2.05) is 6.08 Å². The Morgan fingerprint density at radius 2 is 2.31 bits per heavy atom. The van der Waals surface area contributed by atoms with E-state index in [2.05, 4.69) is 17.9 Å². The van der Waals surface area contributed by atoms with Crippen LogP contribution >= 0.6 is 11.6 Å². The minimum absolute atomic E-state index is 0.644. The molecule has 1 atom stereocenters. The van der Waals surface area contributed by atoms with Crippen molar-refractivity contribution in [3.8, 4) is 0 Å². The summed E-state index contributed by atoms with van der Waals surface area (Å²) < 4.78 is 0. The molecule has 2 heteroatoms. The number of rotatable bonds is 4. The third-order valence-corrected chi connectivity index (χ3v) is 2.98. The van der Waals surface area contributed by atoms with Crippen molar-refractivity contribution < 1.29 is 0 Å². The highest BCUT2D eigenvalue weighted by atomic mass is 35.5. The van der Waals surface area contributed by atoms with Gasteiger partial charge in [0.1, 0.15) is 0 Å². The Labute approximate surface area is 86.8 Å². The highest BCUT2D eigenvalue weighted by Crippen LogP contribution is 2.18. The number of hydrogen-bond donors (Lipinski definition) is 0. The Balaban J connectivity index is 2.21. The summed E-state index contributed by atoms with van der Waals surface area (Å²) >= 11 is 5.57. The summed E-state index contributed by atoms with van der Waals surface area (Å²) in [5, 5.41) is 0. The third kappa shape index (κ3) is 4.15. The number of likely N-dealkylation sites (tertiary alicyclic amines) is 1. The van der Waals surface area contributed by atoms with Crippen LogP contribution in [0.4, 0.5) is 0 Å². The van der Waals surface area contributed by atoms with E-state index in [1.54, 1.807) is 0 Å². The molecule has 1 unspecified atom stereocenters. The molecule has 0 aromatic rings. The van der Waals surface area contributed by atoms with Crippen LogP contribution in [0.2, 0.25) is 0 Å². The van der Waals surface area contributed by atoms with Crippen LogP contribution in [0.1, 0.15) is 26.2 Å². The highest BCUT2D eigenvalue weighted by Gasteiger charge is 2.16. The fourth-order valence-electron chi connectivity index (χ4n) is 1.94. The van der Waals surface area contributed by atoms with Crippen LogP contribution in [-0.4, -0.2) is 30.4 Å². The van der Waals surface area contributed by atoms with Crippen molar-refractivity contribution in [2.24, 2.45) is 5.92 Å². The molecule has 0 radical (unpaired) electrons. The Kier molecular flexibility index (Phi) is 5.49. The second kappa shape index (κ2) is 6.44. The predicted molar refractivity (Wildman–Crippen MR) is 59.3 cm³/mol. The van der Waals surface area contributed by atoms with Gasteiger partial charge in [0.2, 0.25) is 0 Å². The van der Waals surface area contributed by atoms with Crippen molar-refractivity contribution in [1.29, 1.82) is 0 Å². The van der Waals surface area contributed by atoms with E-state index >= 15 is 0 Å². The lowest BCUT2D eigenvalue weighted by molar-refractivity contribution is 0.188. The van der Waals surface area contributed by atoms with Gasteiger partial charge in [0.15, 0.2) is 0 Å². The summed E-state index contributed by atoms with van der Waals surface area (Å²) in [6.45, 7) is 5.93. The smallest absolute Gasteiger partial charge is 0.0404 e. The average molecular weight is 202 g/mol. The van der Waals surface area contributed by atoms with Crippen molar-refractivity contribution in [1.82, 2.24) is 4.90 Å². The molecule has 0 saturated carbocycles. The first-order valence-corrected chi connectivity index (χ1v) is 5.83. The molecule has 0 aromatic heterocycles. The van der Waals surface area contributed by atoms with Crippen molar-refractivity contribution >= 4 is 11.6 Å². The standard InChI is InChI=1S/C11H20ClN/c1-2-11-6-5-9-13(10-11)8-4-3-7-12/h3-4,11H,2,5-10H2,1H3. The van der Waals surface area contributed by atoms with Gasteiger partial charge in [-0.2, -0.15) is 0 Å². The van der Waals surface area contributed by atoms with Gasteiger partial charge in [-0.3, -0.25) is 4.90 Å². The normalized spacial score (nSPS) is 25.5. The molecule has 1 fully saturated rings. The quantitative estimate of drug-likeness (QED) is 0.500. The Bertz CT molecular complexity index is 156. The van der Waals surface area contributed by atoms with E-state index in [-0.39, 0.29) is 0 Å². The first kappa shape index (κ1) is 11.1. The van der Waals surface area contributed by atoms with Crippen molar-refractivity contribution in [3.63, 3.8) is 0 Å². The lowest BCUT2D eigenvalue weighted by Gasteiger charge is -2.31. The molecule has 13 heavy (non-hydrogen) atoms. The topological polar surface area (TPSA) is 3.24 Å². The van der Waals surface area contributed by atoms with Gasteiger partial charge >= 0.3 is 0 Å². The molecule has 1 saturated heterocycles. The average Bonchev–Trinajstić information content (AvgIpc) is 2.19. The zero-order valence-corrected chi connectivity index (χ0v) is 9.26. The lowest BCUT2D eigenvalue weighted by Crippen LogP contribution is -2.35. The monoisotopic (exact) mass is 201 g/mol. The van der Waals surface area contributed by atoms with Gasteiger partial charge in [0.05, 0.1) is 0 Å². The molecule has 76 valence electrons. The maximum Gasteiger partial charge on any atom is 0.0404 e. The fourth-order valence-corrected chi connectivity index (χ4v) is 2.06. The number of hydrogen-bond acceptors (Lipinski definition) is 1. The highest BCUT2D eigenvalue weighted by molar-refractivity contribution is 6.18. The summed E-state index contributed by atoms with van der Waals surface area (Å²) in [6, 6.07) is 0. The summed E-state index contributed by atoms with van der Waals surface area (Å²) in [6.07, 6.45) is 8.34. The molecule has 1 rings (SSSR count). The van der Waals surface area contributed by atoms with E-state index in [9.17, 15) is 0 Å². The van der Waals surface area contributed by atoms with E-state index in [0.29, 0.717) is 5.88 Å². The second-order valence-electron chi connectivity index (χ2n) is 3.80. The summed E-state index contributed by atoms with van der Waals surface area (Å²) in [5.74, 6) is 1.57. The molecule has 1 nitrogen and oxygen atoms in total. The van der Waals surface area contributed by atoms with E-state index in [4.69, 9.17) is 11.6 Å². The maximum absolute atomic E-state index is 5.57. The predicted octanol–water partition coefficient (Wildman–Crippen LogP) is 2.90. The van der Waals surface area contributed by atoms with E-state index < -0.39 is 0 Å². The van der Waals surface area contributed by atoms with Crippen LogP contribution in [0.25, 0.3) is 0 Å². The molecule has 0 N–H and O–H groups in total. The maximum atomic E-state index is 5.57. The van der Waals surface area contributed by atoms with Crippen LogP contribution in [-0.2, 0) is 0 Å². The van der Waals surface area contributed by atoms with Gasteiger partial charge in [-0.15, -0.1) is 11.6 Å². The molecule has 0 spiro atoms. The molecular weight excluding hydrogens is 182 g/mol. The number of alkyl halides is 1. The zero-order chi connectivity index (χ0) is 9.52. The number of piperidine rings is 1. The molecule has 0 aromatic carbocycles. The molecule has 0 bridgehead atoms. The number of allylic oxidation sites excluding steroid dienone is 1. The Hall–Kier alpha value is -0.0100. The van der Waals surface area contributed by atoms with Crippen molar-refractivity contribution in [3.05, 3.63) is 12.2 Å². The first-order valence-electron chi connectivity index (χ1n) is 5.30. The van der Waals surface area contributed by atoms with Gasteiger partial charge in [-0.1, -0.05) is 25.5 Å². The Morgan fingerprint density at radius 3 is 3.00 bits per heavy atom. The van der Waals surface area contributed by atoms with Gasteiger partial charge < -0.3 is 0 Å². The minimum Gasteiger partial charge on any atom is -0.299 e. The minimum atomic E-state index is 0.644. The number of halogens is 1. The third-order valence-electron chi connectivity index (χ3n) is 2.80. The van der Waals surface area contributed by atoms with Gasteiger partial charge in [0, 0.05) is 19.0 Å². The lowest BCUT2D eigenvalue weighted by atomic mass is 9.96. The van der Waals surface area contributed by atoms with Crippen LogP contribution in [0, 0.1) is 5.92 Å². The molecule has 0 amide bonds. The molecule has 0 aliphatic carbocycles. The molecular formula is C11H20ClN. The van der Waals surface area contributed by atoms with Crippen LogP contribution in [0.3, 0.4) is 0 Å². The largest absolute Gasteiger partial charge is 0.299 e. The SMILES string of the molecule is CCC1CCCN(CC=CCCl)C1. The van der Waals surface area contributed by atoms with Gasteiger partial charge in [0.25, 0.3) is 0 Å². The van der Waals surface area contributed by atoms with E-state index in [1.165, 1.54) is 32.4 Å². The van der Waals surface area contributed by atoms with Crippen molar-refractivity contribution in [2.75, 3.05) is 25.5 Å². The summed E-state index contributed by atoms with van der Waals surface area (Å²) in [7, 11) is 0. The van der Waals surface area contributed by atoms with Crippen LogP contribution in [0.15, 0.2) is 12.2 Å². The van der Waals surface area contributed by atoms with Crippen LogP contribution in [0.5, 0.6) is 0 Å². The summed E-state index contributed by atoms with van der Waals surface area (Å²) in [5.41, 5.74) is 0. The van der Waals surface area contributed by atoms with Crippen LogP contribution < -0.4 is 0 Å².